The second kappa shape index (κ2) is 8.06. The molecule has 0 saturated carbocycles. The third-order valence-corrected chi connectivity index (χ3v) is 4.64. The van der Waals surface area contributed by atoms with E-state index in [2.05, 4.69) is 22.2 Å². The van der Waals surface area contributed by atoms with Crippen LogP contribution >= 0.6 is 0 Å². The van der Waals surface area contributed by atoms with Crippen LogP contribution in [-0.2, 0) is 12.8 Å². The quantitative estimate of drug-likeness (QED) is 0.551. The van der Waals surface area contributed by atoms with Gasteiger partial charge in [-0.1, -0.05) is 37.3 Å². The number of aromatic nitrogens is 4. The van der Waals surface area contributed by atoms with Crippen molar-refractivity contribution in [2.45, 2.75) is 19.8 Å². The molecule has 0 saturated heterocycles. The first-order valence-electron chi connectivity index (χ1n) is 9.49. The van der Waals surface area contributed by atoms with Crippen LogP contribution in [0.5, 0.6) is 0 Å². The Morgan fingerprint density at radius 1 is 1.03 bits per heavy atom. The maximum atomic E-state index is 11.6. The van der Waals surface area contributed by atoms with Crippen molar-refractivity contribution in [1.82, 2.24) is 19.7 Å². The molecule has 6 heteroatoms. The van der Waals surface area contributed by atoms with Crippen LogP contribution in [0.1, 0.15) is 34.4 Å². The number of hydrogen-bond acceptors (Lipinski definition) is 4. The molecule has 0 atom stereocenters. The lowest BCUT2D eigenvalue weighted by Gasteiger charge is -2.09. The molecule has 0 bridgehead atoms. The number of nitrogens with zero attached hydrogens (tertiary/aromatic N) is 4. The molecule has 0 radical (unpaired) electrons. The van der Waals surface area contributed by atoms with Gasteiger partial charge in [0.15, 0.2) is 11.6 Å². The Morgan fingerprint density at radius 2 is 1.90 bits per heavy atom. The van der Waals surface area contributed by atoms with E-state index in [0.717, 1.165) is 40.6 Å². The van der Waals surface area contributed by atoms with Crippen LogP contribution in [0.25, 0.3) is 17.1 Å². The fourth-order valence-electron chi connectivity index (χ4n) is 3.19. The van der Waals surface area contributed by atoms with Gasteiger partial charge in [0.25, 0.3) is 0 Å². The number of benzene rings is 2. The Kier molecular flexibility index (Phi) is 5.16. The van der Waals surface area contributed by atoms with E-state index >= 15 is 0 Å². The van der Waals surface area contributed by atoms with E-state index in [1.54, 1.807) is 29.1 Å². The van der Waals surface area contributed by atoms with Crippen LogP contribution in [0.3, 0.4) is 0 Å². The van der Waals surface area contributed by atoms with Crippen molar-refractivity contribution in [3.05, 3.63) is 95.6 Å². The van der Waals surface area contributed by atoms with Gasteiger partial charge >= 0.3 is 0 Å². The molecule has 2 aromatic heterocycles. The van der Waals surface area contributed by atoms with Gasteiger partial charge in [-0.3, -0.25) is 9.78 Å². The minimum atomic E-state index is -0.471. The van der Waals surface area contributed by atoms with Crippen molar-refractivity contribution < 1.29 is 4.79 Å². The number of carbonyl (C=O) groups excluding carboxylic acids is 1. The summed E-state index contributed by atoms with van der Waals surface area (Å²) in [6.45, 7) is 2.01. The first kappa shape index (κ1) is 18.6. The normalized spacial score (nSPS) is 10.8. The topological polar surface area (TPSA) is 86.7 Å². The molecule has 0 unspecified atom stereocenters. The lowest BCUT2D eigenvalue weighted by molar-refractivity contribution is 0.1000. The minimum Gasteiger partial charge on any atom is -0.366 e. The standard InChI is InChI=1S/C23H21N5O/c1-2-21-26-23(28(27-21)20-11-6-8-17(15-20)22(24)29)18-9-5-7-16(13-18)14-19-10-3-4-12-25-19/h3-13,15H,2,14H2,1H3,(H2,24,29). The molecule has 2 aromatic carbocycles. The fourth-order valence-corrected chi connectivity index (χ4v) is 3.19. The van der Waals surface area contributed by atoms with Crippen LogP contribution in [-0.4, -0.2) is 25.7 Å². The van der Waals surface area contributed by atoms with Gasteiger partial charge in [-0.2, -0.15) is 5.10 Å². The molecule has 0 spiro atoms. The van der Waals surface area contributed by atoms with Crippen LogP contribution in [0.2, 0.25) is 0 Å². The van der Waals surface area contributed by atoms with Gasteiger partial charge in [0.2, 0.25) is 5.91 Å². The SMILES string of the molecule is CCc1nc(-c2cccc(Cc3ccccn3)c2)n(-c2cccc(C(N)=O)c2)n1. The van der Waals surface area contributed by atoms with Crippen molar-refractivity contribution in [2.75, 3.05) is 0 Å². The summed E-state index contributed by atoms with van der Waals surface area (Å²) in [5.74, 6) is 0.993. The van der Waals surface area contributed by atoms with Gasteiger partial charge in [-0.05, 0) is 42.0 Å². The summed E-state index contributed by atoms with van der Waals surface area (Å²) < 4.78 is 1.77. The smallest absolute Gasteiger partial charge is 0.248 e. The highest BCUT2D eigenvalue weighted by atomic mass is 16.1. The second-order valence-electron chi connectivity index (χ2n) is 6.73. The van der Waals surface area contributed by atoms with Crippen molar-refractivity contribution in [3.63, 3.8) is 0 Å². The summed E-state index contributed by atoms with van der Waals surface area (Å²) in [4.78, 5) is 20.7. The summed E-state index contributed by atoms with van der Waals surface area (Å²) in [6, 6.07) is 21.2. The lowest BCUT2D eigenvalue weighted by Crippen LogP contribution is -2.11. The first-order chi connectivity index (χ1) is 14.1. The van der Waals surface area contributed by atoms with Gasteiger partial charge in [0.1, 0.15) is 0 Å². The summed E-state index contributed by atoms with van der Waals surface area (Å²) in [6.07, 6.45) is 3.25. The molecule has 0 fully saturated rings. The van der Waals surface area contributed by atoms with Crippen molar-refractivity contribution in [1.29, 1.82) is 0 Å². The highest BCUT2D eigenvalue weighted by Gasteiger charge is 2.14. The predicted molar refractivity (Wildman–Crippen MR) is 112 cm³/mol. The number of aryl methyl sites for hydroxylation is 1. The molecule has 144 valence electrons. The molecule has 2 heterocycles. The largest absolute Gasteiger partial charge is 0.366 e. The number of pyridine rings is 1. The molecule has 0 aliphatic rings. The summed E-state index contributed by atoms with van der Waals surface area (Å²) in [5.41, 5.74) is 9.73. The fraction of sp³-hybridized carbons (Fsp3) is 0.130. The number of rotatable bonds is 6. The van der Waals surface area contributed by atoms with Crippen LogP contribution in [0, 0.1) is 0 Å². The van der Waals surface area contributed by atoms with E-state index < -0.39 is 5.91 Å². The van der Waals surface area contributed by atoms with E-state index in [4.69, 9.17) is 10.7 Å². The second-order valence-corrected chi connectivity index (χ2v) is 6.73. The van der Waals surface area contributed by atoms with Crippen molar-refractivity contribution in [2.24, 2.45) is 5.73 Å². The van der Waals surface area contributed by atoms with Gasteiger partial charge in [-0.25, -0.2) is 9.67 Å². The zero-order chi connectivity index (χ0) is 20.2. The van der Waals surface area contributed by atoms with E-state index in [-0.39, 0.29) is 0 Å². The molecule has 2 N–H and O–H groups in total. The highest BCUT2D eigenvalue weighted by Crippen LogP contribution is 2.24. The summed E-state index contributed by atoms with van der Waals surface area (Å²) in [5, 5.41) is 4.63. The Hall–Kier alpha value is -3.80. The molecule has 4 aromatic rings. The Bertz CT molecular complexity index is 1150. The Labute approximate surface area is 169 Å². The molecule has 6 nitrogen and oxygen atoms in total. The molecule has 0 aliphatic heterocycles. The van der Waals surface area contributed by atoms with E-state index in [0.29, 0.717) is 12.0 Å². The van der Waals surface area contributed by atoms with Gasteiger partial charge in [-0.15, -0.1) is 0 Å². The Balaban J connectivity index is 1.76. The monoisotopic (exact) mass is 383 g/mol. The molecule has 0 aliphatic carbocycles. The third-order valence-electron chi connectivity index (χ3n) is 4.64. The molecular formula is C23H21N5O. The number of hydrogen-bond donors (Lipinski definition) is 1. The van der Waals surface area contributed by atoms with Gasteiger partial charge in [0, 0.05) is 35.9 Å². The zero-order valence-electron chi connectivity index (χ0n) is 16.1. The van der Waals surface area contributed by atoms with Crippen LogP contribution in [0.4, 0.5) is 0 Å². The third kappa shape index (κ3) is 4.06. The van der Waals surface area contributed by atoms with Crippen molar-refractivity contribution in [3.8, 4) is 17.1 Å². The summed E-state index contributed by atoms with van der Waals surface area (Å²) in [7, 11) is 0. The number of primary amides is 1. The molecular weight excluding hydrogens is 362 g/mol. The molecule has 4 rings (SSSR count). The average Bonchev–Trinajstić information content (AvgIpc) is 3.19. The lowest BCUT2D eigenvalue weighted by atomic mass is 10.1. The number of nitrogens with two attached hydrogens (primary N) is 1. The zero-order valence-corrected chi connectivity index (χ0v) is 16.1. The molecule has 29 heavy (non-hydrogen) atoms. The van der Waals surface area contributed by atoms with Crippen LogP contribution in [0.15, 0.2) is 72.9 Å². The first-order valence-corrected chi connectivity index (χ1v) is 9.49. The Morgan fingerprint density at radius 3 is 2.66 bits per heavy atom. The van der Waals surface area contributed by atoms with Crippen molar-refractivity contribution >= 4 is 5.91 Å². The van der Waals surface area contributed by atoms with E-state index in [1.165, 1.54) is 0 Å². The number of amides is 1. The van der Waals surface area contributed by atoms with Gasteiger partial charge < -0.3 is 5.73 Å². The highest BCUT2D eigenvalue weighted by molar-refractivity contribution is 5.93. The predicted octanol–water partition coefficient (Wildman–Crippen LogP) is 3.58. The van der Waals surface area contributed by atoms with Gasteiger partial charge in [0.05, 0.1) is 5.69 Å². The maximum Gasteiger partial charge on any atom is 0.248 e. The maximum absolute atomic E-state index is 11.6. The number of carbonyl (C=O) groups is 1. The van der Waals surface area contributed by atoms with E-state index in [9.17, 15) is 4.79 Å². The van der Waals surface area contributed by atoms with E-state index in [1.807, 2.05) is 43.3 Å². The minimum absolute atomic E-state index is 0.436. The average molecular weight is 383 g/mol. The van der Waals surface area contributed by atoms with Crippen LogP contribution < -0.4 is 5.73 Å². The summed E-state index contributed by atoms with van der Waals surface area (Å²) >= 11 is 0. The molecule has 1 amide bonds.